The Kier molecular flexibility index (Phi) is 5.90. The third-order valence-corrected chi connectivity index (χ3v) is 5.23. The molecule has 0 aliphatic heterocycles. The molecule has 0 unspecified atom stereocenters. The second-order valence-electron chi connectivity index (χ2n) is 7.06. The van der Waals surface area contributed by atoms with Gasteiger partial charge in [0.2, 0.25) is 0 Å². The highest BCUT2D eigenvalue weighted by atomic mass is 35.5. The maximum absolute atomic E-state index is 13.7. The minimum absolute atomic E-state index is 0.0918. The van der Waals surface area contributed by atoms with Crippen LogP contribution in [-0.2, 0) is 11.5 Å². The predicted molar refractivity (Wildman–Crippen MR) is 119 cm³/mol. The highest BCUT2D eigenvalue weighted by molar-refractivity contribution is 6.31. The number of hydrogen-bond acceptors (Lipinski definition) is 1. The van der Waals surface area contributed by atoms with E-state index in [4.69, 9.17) is 16.3 Å². The first kappa shape index (κ1) is 21.2. The Bertz CT molecular complexity index is 1230. The van der Waals surface area contributed by atoms with E-state index in [1.165, 1.54) is 0 Å². The molecule has 6 heteroatoms. The highest BCUT2D eigenvalue weighted by Gasteiger charge is 2.29. The minimum Gasteiger partial charge on any atom is -0.364 e. The monoisotopic (exact) mass is 441 g/mol. The molecule has 4 aromatic rings. The second kappa shape index (κ2) is 8.61. The summed E-state index contributed by atoms with van der Waals surface area (Å²) in [5.74, 6) is 0. The fraction of sp³-hybridized carbons (Fsp3) is 0.120. The van der Waals surface area contributed by atoms with Crippen molar-refractivity contribution >= 4 is 28.1 Å². The molecule has 0 aliphatic rings. The summed E-state index contributed by atoms with van der Waals surface area (Å²) in [6.45, 7) is 0.162. The number of methoxy groups -OCH3 is 1. The van der Waals surface area contributed by atoms with E-state index in [1.54, 1.807) is 55.6 Å². The van der Waals surface area contributed by atoms with Crippen molar-refractivity contribution in [2.75, 3.05) is 7.11 Å². The molecule has 0 saturated carbocycles. The van der Waals surface area contributed by atoms with Crippen molar-refractivity contribution in [1.29, 1.82) is 0 Å². The highest BCUT2D eigenvalue weighted by Crippen LogP contribution is 2.42. The minimum atomic E-state index is -4.50. The van der Waals surface area contributed by atoms with Crippen LogP contribution in [0.5, 0.6) is 0 Å². The standard InChI is InChI=1S/C25H19ClF3NO/c1-31-16-30-22-14-19(26)12-13-20(22)23(24(30)18-10-6-3-7-11-18)21(15-25(27,28)29)17-8-4-2-5-9-17/h2-15H,16H2,1H3/b21-15-. The van der Waals surface area contributed by atoms with E-state index in [9.17, 15) is 13.2 Å². The third-order valence-electron chi connectivity index (χ3n) is 4.99. The van der Waals surface area contributed by atoms with Crippen LogP contribution in [0.4, 0.5) is 13.2 Å². The number of aromatic nitrogens is 1. The van der Waals surface area contributed by atoms with Gasteiger partial charge in [0.05, 0.1) is 11.2 Å². The van der Waals surface area contributed by atoms with Crippen LogP contribution in [0, 0.1) is 0 Å². The number of benzene rings is 3. The summed E-state index contributed by atoms with van der Waals surface area (Å²) < 4.78 is 48.4. The first-order valence-electron chi connectivity index (χ1n) is 9.60. The van der Waals surface area contributed by atoms with E-state index >= 15 is 0 Å². The van der Waals surface area contributed by atoms with Gasteiger partial charge in [0, 0.05) is 29.2 Å². The molecule has 1 heterocycles. The van der Waals surface area contributed by atoms with Gasteiger partial charge in [0.15, 0.2) is 0 Å². The lowest BCUT2D eigenvalue weighted by Crippen LogP contribution is -2.06. The van der Waals surface area contributed by atoms with Gasteiger partial charge in [-0.2, -0.15) is 13.2 Å². The molecule has 0 spiro atoms. The van der Waals surface area contributed by atoms with E-state index in [1.807, 2.05) is 34.9 Å². The van der Waals surface area contributed by atoms with Gasteiger partial charge in [0.25, 0.3) is 0 Å². The molecule has 0 bridgehead atoms. The van der Waals surface area contributed by atoms with Crippen molar-refractivity contribution in [3.8, 4) is 11.3 Å². The van der Waals surface area contributed by atoms with Crippen molar-refractivity contribution in [2.45, 2.75) is 12.9 Å². The van der Waals surface area contributed by atoms with Crippen molar-refractivity contribution in [3.63, 3.8) is 0 Å². The quantitative estimate of drug-likeness (QED) is 0.311. The summed E-state index contributed by atoms with van der Waals surface area (Å²) in [5, 5.41) is 1.16. The van der Waals surface area contributed by atoms with Gasteiger partial charge in [-0.3, -0.25) is 0 Å². The molecule has 158 valence electrons. The molecule has 0 fully saturated rings. The predicted octanol–water partition coefficient (Wildman–Crippen LogP) is 7.56. The van der Waals surface area contributed by atoms with Gasteiger partial charge in [-0.15, -0.1) is 0 Å². The lowest BCUT2D eigenvalue weighted by Gasteiger charge is -2.15. The summed E-state index contributed by atoms with van der Waals surface area (Å²) >= 11 is 6.25. The molecule has 0 atom stereocenters. The van der Waals surface area contributed by atoms with E-state index in [0.717, 1.165) is 5.56 Å². The van der Waals surface area contributed by atoms with Crippen LogP contribution < -0.4 is 0 Å². The van der Waals surface area contributed by atoms with Crippen LogP contribution in [-0.4, -0.2) is 17.9 Å². The Labute approximate surface area is 183 Å². The van der Waals surface area contributed by atoms with Crippen LogP contribution in [0.3, 0.4) is 0 Å². The number of allylic oxidation sites excluding steroid dienone is 1. The maximum atomic E-state index is 13.7. The number of nitrogens with zero attached hydrogens (tertiary/aromatic N) is 1. The topological polar surface area (TPSA) is 14.2 Å². The molecule has 0 radical (unpaired) electrons. The first-order chi connectivity index (χ1) is 14.9. The van der Waals surface area contributed by atoms with Gasteiger partial charge in [-0.1, -0.05) is 78.3 Å². The summed E-state index contributed by atoms with van der Waals surface area (Å²) in [6, 6.07) is 23.1. The van der Waals surface area contributed by atoms with Gasteiger partial charge >= 0.3 is 6.18 Å². The van der Waals surface area contributed by atoms with Crippen molar-refractivity contribution in [2.24, 2.45) is 0 Å². The molecular formula is C25H19ClF3NO. The zero-order valence-electron chi connectivity index (χ0n) is 16.7. The average Bonchev–Trinajstić information content (AvgIpc) is 3.06. The Morgan fingerprint density at radius 3 is 2.23 bits per heavy atom. The zero-order valence-corrected chi connectivity index (χ0v) is 17.4. The van der Waals surface area contributed by atoms with E-state index in [-0.39, 0.29) is 12.3 Å². The second-order valence-corrected chi connectivity index (χ2v) is 7.50. The molecule has 0 aliphatic carbocycles. The smallest absolute Gasteiger partial charge is 0.364 e. The first-order valence-corrected chi connectivity index (χ1v) is 9.98. The van der Waals surface area contributed by atoms with Crippen LogP contribution in [0.25, 0.3) is 27.7 Å². The fourth-order valence-corrected chi connectivity index (χ4v) is 4.00. The van der Waals surface area contributed by atoms with E-state index < -0.39 is 6.18 Å². The number of alkyl halides is 3. The maximum Gasteiger partial charge on any atom is 0.410 e. The largest absolute Gasteiger partial charge is 0.410 e. The number of hydrogen-bond donors (Lipinski definition) is 0. The summed E-state index contributed by atoms with van der Waals surface area (Å²) in [6.07, 6.45) is -4.13. The summed E-state index contributed by atoms with van der Waals surface area (Å²) in [7, 11) is 1.55. The van der Waals surface area contributed by atoms with Crippen LogP contribution >= 0.6 is 11.6 Å². The van der Waals surface area contributed by atoms with E-state index in [0.29, 0.717) is 38.8 Å². The number of rotatable bonds is 5. The molecule has 31 heavy (non-hydrogen) atoms. The van der Waals surface area contributed by atoms with Gasteiger partial charge < -0.3 is 9.30 Å². The molecule has 2 nitrogen and oxygen atoms in total. The van der Waals surface area contributed by atoms with Crippen LogP contribution in [0.15, 0.2) is 84.9 Å². The number of fused-ring (bicyclic) bond motifs is 1. The van der Waals surface area contributed by atoms with Crippen LogP contribution in [0.1, 0.15) is 11.1 Å². The SMILES string of the molecule is COCn1c(-c2ccccc2)c(/C(=C\C(F)(F)F)c2ccccc2)c2ccc(Cl)cc21. The Balaban J connectivity index is 2.17. The Morgan fingerprint density at radius 2 is 1.61 bits per heavy atom. The average molecular weight is 442 g/mol. The Morgan fingerprint density at radius 1 is 0.968 bits per heavy atom. The van der Waals surface area contributed by atoms with Crippen molar-refractivity contribution in [3.05, 3.63) is 101 Å². The molecule has 3 aromatic carbocycles. The van der Waals surface area contributed by atoms with E-state index in [2.05, 4.69) is 0 Å². The normalized spacial score (nSPS) is 12.5. The van der Waals surface area contributed by atoms with Crippen molar-refractivity contribution in [1.82, 2.24) is 4.57 Å². The molecule has 0 saturated heterocycles. The summed E-state index contributed by atoms with van der Waals surface area (Å²) in [5.41, 5.74) is 3.17. The fourth-order valence-electron chi connectivity index (χ4n) is 3.84. The molecule has 0 N–H and O–H groups in total. The lowest BCUT2D eigenvalue weighted by atomic mass is 9.92. The van der Waals surface area contributed by atoms with Gasteiger partial charge in [-0.25, -0.2) is 0 Å². The van der Waals surface area contributed by atoms with Gasteiger partial charge in [0.1, 0.15) is 6.73 Å². The molecular weight excluding hydrogens is 423 g/mol. The van der Waals surface area contributed by atoms with Crippen molar-refractivity contribution < 1.29 is 17.9 Å². The molecule has 4 rings (SSSR count). The molecule has 0 amide bonds. The number of ether oxygens (including phenoxy) is 1. The lowest BCUT2D eigenvalue weighted by molar-refractivity contribution is -0.0793. The zero-order chi connectivity index (χ0) is 22.0. The van der Waals surface area contributed by atoms with Gasteiger partial charge in [-0.05, 0) is 28.8 Å². The summed E-state index contributed by atoms with van der Waals surface area (Å²) in [4.78, 5) is 0. The third kappa shape index (κ3) is 4.38. The van der Waals surface area contributed by atoms with Crippen LogP contribution in [0.2, 0.25) is 5.02 Å². The molecule has 1 aromatic heterocycles. The Hall–Kier alpha value is -3.02. The number of halogens is 4.